The van der Waals surface area contributed by atoms with Crippen LogP contribution in [0, 0.1) is 17.3 Å². The molecule has 1 nitrogen and oxygen atoms in total. The number of rotatable bonds is 4. The van der Waals surface area contributed by atoms with Crippen molar-refractivity contribution in [2.75, 3.05) is 18.1 Å². The first kappa shape index (κ1) is 13.1. The lowest BCUT2D eigenvalue weighted by Crippen LogP contribution is -2.34. The Hall–Kier alpha value is 0.660. The van der Waals surface area contributed by atoms with Crippen LogP contribution in [0.1, 0.15) is 39.5 Å². The van der Waals surface area contributed by atoms with Gasteiger partial charge in [-0.05, 0) is 30.1 Å². The summed E-state index contributed by atoms with van der Waals surface area (Å²) in [5.41, 5.74) is 0.203. The van der Waals surface area contributed by atoms with Gasteiger partial charge in [0.15, 0.2) is 0 Å². The van der Waals surface area contributed by atoms with Crippen LogP contribution in [0.3, 0.4) is 0 Å². The van der Waals surface area contributed by atoms with Crippen LogP contribution in [0.5, 0.6) is 0 Å². The molecule has 94 valence electrons. The lowest BCUT2D eigenvalue weighted by Gasteiger charge is -2.36. The van der Waals surface area contributed by atoms with Crippen LogP contribution >= 0.6 is 23.5 Å². The highest BCUT2D eigenvalue weighted by Crippen LogP contribution is 2.56. The van der Waals surface area contributed by atoms with E-state index in [-0.39, 0.29) is 5.41 Å². The first-order valence-electron chi connectivity index (χ1n) is 6.55. The molecule has 0 unspecified atom stereocenters. The predicted octanol–water partition coefficient (Wildman–Crippen LogP) is 3.62. The van der Waals surface area contributed by atoms with Crippen LogP contribution in [0.15, 0.2) is 0 Å². The highest BCUT2D eigenvalue weighted by molar-refractivity contribution is 8.20. The van der Waals surface area contributed by atoms with Gasteiger partial charge in [0.05, 0.1) is 4.58 Å². The minimum Gasteiger partial charge on any atom is -0.396 e. The number of aliphatic hydroxyl groups excluding tert-OH is 1. The largest absolute Gasteiger partial charge is 0.396 e. The van der Waals surface area contributed by atoms with E-state index in [1.165, 1.54) is 37.2 Å². The molecule has 1 saturated heterocycles. The third-order valence-electron chi connectivity index (χ3n) is 4.36. The molecular weight excluding hydrogens is 236 g/mol. The molecular formula is C13H24OS2. The summed E-state index contributed by atoms with van der Waals surface area (Å²) < 4.78 is 0.760. The van der Waals surface area contributed by atoms with Crippen molar-refractivity contribution in [3.63, 3.8) is 0 Å². The van der Waals surface area contributed by atoms with E-state index in [9.17, 15) is 5.11 Å². The summed E-state index contributed by atoms with van der Waals surface area (Å²) in [7, 11) is 0. The first-order valence-corrected chi connectivity index (χ1v) is 8.65. The Balaban J connectivity index is 2.11. The van der Waals surface area contributed by atoms with Crippen molar-refractivity contribution < 1.29 is 5.11 Å². The fourth-order valence-corrected chi connectivity index (χ4v) is 7.16. The topological polar surface area (TPSA) is 20.2 Å². The van der Waals surface area contributed by atoms with Gasteiger partial charge in [0.1, 0.15) is 0 Å². The molecule has 0 radical (unpaired) electrons. The van der Waals surface area contributed by atoms with Gasteiger partial charge >= 0.3 is 0 Å². The zero-order valence-corrected chi connectivity index (χ0v) is 12.1. The van der Waals surface area contributed by atoms with Gasteiger partial charge in [-0.1, -0.05) is 26.7 Å². The van der Waals surface area contributed by atoms with Crippen molar-refractivity contribution in [3.8, 4) is 0 Å². The minimum atomic E-state index is 0.203. The molecule has 1 saturated carbocycles. The summed E-state index contributed by atoms with van der Waals surface area (Å²) in [4.78, 5) is 0. The van der Waals surface area contributed by atoms with Gasteiger partial charge in [-0.2, -0.15) is 0 Å². The minimum absolute atomic E-state index is 0.203. The highest BCUT2D eigenvalue weighted by Gasteiger charge is 2.48. The number of hydrogen-bond acceptors (Lipinski definition) is 3. The van der Waals surface area contributed by atoms with Gasteiger partial charge < -0.3 is 5.11 Å². The normalized spacial score (nSPS) is 40.7. The molecule has 2 aliphatic rings. The molecule has 1 N–H and O–H groups in total. The predicted molar refractivity (Wildman–Crippen MR) is 75.0 cm³/mol. The first-order chi connectivity index (χ1) is 7.71. The molecule has 3 heteroatoms. The summed E-state index contributed by atoms with van der Waals surface area (Å²) in [6.07, 6.45) is 5.23. The van der Waals surface area contributed by atoms with Crippen LogP contribution in [0.4, 0.5) is 0 Å². The Bertz CT molecular complexity index is 228. The molecule has 0 aromatic heterocycles. The molecule has 0 spiro atoms. The van der Waals surface area contributed by atoms with E-state index in [0.29, 0.717) is 6.61 Å². The molecule has 0 aromatic rings. The van der Waals surface area contributed by atoms with Crippen LogP contribution in [-0.4, -0.2) is 27.8 Å². The quantitative estimate of drug-likeness (QED) is 0.834. The Morgan fingerprint density at radius 3 is 2.56 bits per heavy atom. The maximum Gasteiger partial charge on any atom is 0.0539 e. The average Bonchev–Trinajstić information content (AvgIpc) is 2.88. The van der Waals surface area contributed by atoms with Gasteiger partial charge in [0, 0.05) is 18.1 Å². The molecule has 1 aliphatic heterocycles. The second-order valence-electron chi connectivity index (χ2n) is 5.54. The van der Waals surface area contributed by atoms with Gasteiger partial charge in [-0.15, -0.1) is 23.5 Å². The zero-order valence-electron chi connectivity index (χ0n) is 10.4. The fraction of sp³-hybridized carbons (Fsp3) is 1.00. The summed E-state index contributed by atoms with van der Waals surface area (Å²) >= 11 is 4.28. The van der Waals surface area contributed by atoms with E-state index in [4.69, 9.17) is 0 Å². The van der Waals surface area contributed by atoms with E-state index >= 15 is 0 Å². The van der Waals surface area contributed by atoms with Gasteiger partial charge in [-0.3, -0.25) is 0 Å². The molecule has 2 fully saturated rings. The highest BCUT2D eigenvalue weighted by atomic mass is 32.2. The third-order valence-corrected chi connectivity index (χ3v) is 7.56. The van der Waals surface area contributed by atoms with Crippen molar-refractivity contribution in [1.29, 1.82) is 0 Å². The van der Waals surface area contributed by atoms with E-state index < -0.39 is 0 Å². The third kappa shape index (κ3) is 2.41. The van der Waals surface area contributed by atoms with E-state index in [1.807, 2.05) is 0 Å². The van der Waals surface area contributed by atoms with Crippen molar-refractivity contribution in [2.24, 2.45) is 17.3 Å². The summed E-state index contributed by atoms with van der Waals surface area (Å²) in [6.45, 7) is 4.99. The van der Waals surface area contributed by atoms with Crippen LogP contribution in [0.2, 0.25) is 0 Å². The number of thioether (sulfide) groups is 2. The fourth-order valence-electron chi connectivity index (χ4n) is 3.44. The standard InChI is InChI=1S/C13H24OS2/c1-3-4-10-5-6-13(2,9-14)11(10)12-15-7-8-16-12/h10-12,14H,3-9H2,1-2H3/t10-,11+,13-/m0/s1. The van der Waals surface area contributed by atoms with Crippen LogP contribution < -0.4 is 0 Å². The Morgan fingerprint density at radius 2 is 2.00 bits per heavy atom. The maximum atomic E-state index is 9.72. The van der Waals surface area contributed by atoms with Crippen LogP contribution in [-0.2, 0) is 0 Å². The molecule has 16 heavy (non-hydrogen) atoms. The van der Waals surface area contributed by atoms with Crippen molar-refractivity contribution in [3.05, 3.63) is 0 Å². The second-order valence-corrected chi connectivity index (χ2v) is 8.33. The van der Waals surface area contributed by atoms with Crippen molar-refractivity contribution in [1.82, 2.24) is 0 Å². The molecule has 1 aliphatic carbocycles. The smallest absolute Gasteiger partial charge is 0.0539 e. The molecule has 0 bridgehead atoms. The van der Waals surface area contributed by atoms with Crippen molar-refractivity contribution in [2.45, 2.75) is 44.1 Å². The molecule has 3 atom stereocenters. The van der Waals surface area contributed by atoms with Crippen molar-refractivity contribution >= 4 is 23.5 Å². The Labute approximate surface area is 108 Å². The monoisotopic (exact) mass is 260 g/mol. The lowest BCUT2D eigenvalue weighted by atomic mass is 9.77. The average molecular weight is 260 g/mol. The number of aliphatic hydroxyl groups is 1. The van der Waals surface area contributed by atoms with Gasteiger partial charge in [-0.25, -0.2) is 0 Å². The summed E-state index contributed by atoms with van der Waals surface area (Å²) in [5.74, 6) is 4.23. The lowest BCUT2D eigenvalue weighted by molar-refractivity contribution is 0.0949. The van der Waals surface area contributed by atoms with Gasteiger partial charge in [0.2, 0.25) is 0 Å². The second kappa shape index (κ2) is 5.53. The Kier molecular flexibility index (Phi) is 4.53. The molecule has 1 heterocycles. The summed E-state index contributed by atoms with van der Waals surface area (Å²) in [6, 6.07) is 0. The SMILES string of the molecule is CCC[C@H]1CC[C@@](C)(CO)[C@H]1C1SCCS1. The van der Waals surface area contributed by atoms with E-state index in [0.717, 1.165) is 16.4 Å². The molecule has 2 rings (SSSR count). The molecule has 0 amide bonds. The zero-order chi connectivity index (χ0) is 11.6. The molecule has 0 aromatic carbocycles. The van der Waals surface area contributed by atoms with Crippen LogP contribution in [0.25, 0.3) is 0 Å². The summed E-state index contributed by atoms with van der Waals surface area (Å²) in [5, 5.41) is 9.72. The maximum absolute atomic E-state index is 9.72. The van der Waals surface area contributed by atoms with E-state index in [1.54, 1.807) is 0 Å². The Morgan fingerprint density at radius 1 is 1.31 bits per heavy atom. The van der Waals surface area contributed by atoms with Gasteiger partial charge in [0.25, 0.3) is 0 Å². The van der Waals surface area contributed by atoms with E-state index in [2.05, 4.69) is 37.4 Å². The number of hydrogen-bond donors (Lipinski definition) is 1.